The van der Waals surface area contributed by atoms with Crippen molar-refractivity contribution in [3.05, 3.63) is 88.2 Å². The number of aryl methyl sites for hydroxylation is 1. The van der Waals surface area contributed by atoms with Gasteiger partial charge in [0, 0.05) is 28.3 Å². The van der Waals surface area contributed by atoms with E-state index >= 15 is 0 Å². The Hall–Kier alpha value is -3.82. The summed E-state index contributed by atoms with van der Waals surface area (Å²) in [6.07, 6.45) is 3.23. The average Bonchev–Trinajstić information content (AvgIpc) is 3.17. The number of carboxylic acids is 1. The fraction of sp³-hybridized carbons (Fsp3) is 0.0455. The molecule has 0 fully saturated rings. The summed E-state index contributed by atoms with van der Waals surface area (Å²) in [5, 5.41) is 21.7. The maximum Gasteiger partial charge on any atom is 0.335 e. The van der Waals surface area contributed by atoms with Gasteiger partial charge in [0.25, 0.3) is 5.91 Å². The highest BCUT2D eigenvalue weighted by atomic mass is 35.5. The lowest BCUT2D eigenvalue weighted by atomic mass is 10.1. The van der Waals surface area contributed by atoms with Gasteiger partial charge in [0.1, 0.15) is 11.6 Å². The number of halogens is 1. The fourth-order valence-corrected chi connectivity index (χ4v) is 2.90. The molecule has 0 bridgehead atoms. The number of aromatic carboxylic acids is 1. The maximum absolute atomic E-state index is 12.6. The number of anilines is 1. The van der Waals surface area contributed by atoms with Crippen molar-refractivity contribution < 1.29 is 14.7 Å². The largest absolute Gasteiger partial charge is 0.478 e. The molecule has 0 saturated carbocycles. The summed E-state index contributed by atoms with van der Waals surface area (Å²) in [6, 6.07) is 16.9. The second-order valence-corrected chi connectivity index (χ2v) is 6.67. The number of carbonyl (C=O) groups is 2. The minimum Gasteiger partial charge on any atom is -0.478 e. The van der Waals surface area contributed by atoms with Crippen LogP contribution in [0.5, 0.6) is 0 Å². The highest BCUT2D eigenvalue weighted by Gasteiger charge is 2.13. The second kappa shape index (κ2) is 8.46. The normalized spacial score (nSPS) is 11.0. The molecule has 7 heteroatoms. The first-order chi connectivity index (χ1) is 13.9. The summed E-state index contributed by atoms with van der Waals surface area (Å²) >= 11 is 5.98. The highest BCUT2D eigenvalue weighted by molar-refractivity contribution is 6.31. The number of nitrogens with one attached hydrogen (secondary N) is 1. The molecule has 2 N–H and O–H groups in total. The summed E-state index contributed by atoms with van der Waals surface area (Å²) < 4.78 is 1.75. The predicted molar refractivity (Wildman–Crippen MR) is 111 cm³/mol. The molecule has 0 aliphatic heterocycles. The minimum absolute atomic E-state index is 0.0773. The summed E-state index contributed by atoms with van der Waals surface area (Å²) in [5.41, 5.74) is 2.75. The number of aromatic nitrogens is 1. The number of hydrogen-bond donors (Lipinski definition) is 2. The smallest absolute Gasteiger partial charge is 0.335 e. The number of rotatable bonds is 5. The molecule has 1 amide bonds. The number of benzene rings is 2. The van der Waals surface area contributed by atoms with Crippen LogP contribution in [0.1, 0.15) is 21.6 Å². The second-order valence-electron chi connectivity index (χ2n) is 6.24. The number of nitriles is 1. The predicted octanol–water partition coefficient (Wildman–Crippen LogP) is 4.68. The monoisotopic (exact) mass is 405 g/mol. The van der Waals surface area contributed by atoms with Crippen molar-refractivity contribution in [3.63, 3.8) is 0 Å². The molecule has 1 aromatic heterocycles. The molecule has 0 aliphatic carbocycles. The molecule has 0 spiro atoms. The first-order valence-corrected chi connectivity index (χ1v) is 8.97. The van der Waals surface area contributed by atoms with Gasteiger partial charge < -0.3 is 15.0 Å². The number of nitrogens with zero attached hydrogens (tertiary/aromatic N) is 2. The van der Waals surface area contributed by atoms with E-state index in [9.17, 15) is 14.9 Å². The van der Waals surface area contributed by atoms with Crippen LogP contribution >= 0.6 is 11.6 Å². The van der Waals surface area contributed by atoms with Gasteiger partial charge in [-0.25, -0.2) is 4.79 Å². The SMILES string of the molecule is Cc1ccc(Cl)cc1NC(=O)/C(C#N)=C\c1cccn1-c1ccc(C(=O)O)cc1. The van der Waals surface area contributed by atoms with Crippen LogP contribution in [-0.4, -0.2) is 21.6 Å². The summed E-state index contributed by atoms with van der Waals surface area (Å²) in [6.45, 7) is 1.83. The molecule has 0 radical (unpaired) electrons. The Bertz CT molecular complexity index is 1150. The molecule has 0 saturated heterocycles. The van der Waals surface area contributed by atoms with Gasteiger partial charge in [-0.1, -0.05) is 17.7 Å². The van der Waals surface area contributed by atoms with Crippen LogP contribution in [0.4, 0.5) is 5.69 Å². The van der Waals surface area contributed by atoms with E-state index in [0.717, 1.165) is 5.56 Å². The third-order valence-corrected chi connectivity index (χ3v) is 4.51. The van der Waals surface area contributed by atoms with Crippen LogP contribution < -0.4 is 5.32 Å². The summed E-state index contributed by atoms with van der Waals surface area (Å²) in [5.74, 6) is -1.56. The van der Waals surface area contributed by atoms with Crippen LogP contribution in [0.25, 0.3) is 11.8 Å². The third-order valence-electron chi connectivity index (χ3n) is 4.28. The van der Waals surface area contributed by atoms with E-state index in [-0.39, 0.29) is 11.1 Å². The zero-order valence-electron chi connectivity index (χ0n) is 15.4. The van der Waals surface area contributed by atoms with E-state index in [4.69, 9.17) is 16.7 Å². The molecule has 3 rings (SSSR count). The topological polar surface area (TPSA) is 95.1 Å². The Kier molecular flexibility index (Phi) is 5.82. The van der Waals surface area contributed by atoms with Gasteiger partial charge in [0.05, 0.1) is 5.56 Å². The minimum atomic E-state index is -1.01. The van der Waals surface area contributed by atoms with Gasteiger partial charge in [-0.3, -0.25) is 4.79 Å². The van der Waals surface area contributed by atoms with E-state index < -0.39 is 11.9 Å². The molecule has 0 aliphatic rings. The lowest BCUT2D eigenvalue weighted by molar-refractivity contribution is -0.112. The Labute approximate surface area is 172 Å². The van der Waals surface area contributed by atoms with E-state index in [0.29, 0.717) is 22.1 Å². The molecule has 29 heavy (non-hydrogen) atoms. The van der Waals surface area contributed by atoms with Gasteiger partial charge in [-0.15, -0.1) is 0 Å². The van der Waals surface area contributed by atoms with E-state index in [1.165, 1.54) is 18.2 Å². The van der Waals surface area contributed by atoms with Crippen molar-refractivity contribution in [3.8, 4) is 11.8 Å². The van der Waals surface area contributed by atoms with Crippen molar-refractivity contribution in [2.24, 2.45) is 0 Å². The molecular weight excluding hydrogens is 390 g/mol. The number of hydrogen-bond acceptors (Lipinski definition) is 3. The molecule has 144 valence electrons. The van der Waals surface area contributed by atoms with Crippen LogP contribution in [0.2, 0.25) is 5.02 Å². The zero-order chi connectivity index (χ0) is 21.0. The van der Waals surface area contributed by atoms with Crippen molar-refractivity contribution in [1.82, 2.24) is 4.57 Å². The van der Waals surface area contributed by atoms with Gasteiger partial charge in [0.2, 0.25) is 0 Å². The number of carbonyl (C=O) groups excluding carboxylic acids is 1. The Balaban J connectivity index is 1.89. The quantitative estimate of drug-likeness (QED) is 0.475. The standard InChI is InChI=1S/C22H16ClN3O3/c1-14-4-7-17(23)12-20(14)25-21(27)16(13-24)11-19-3-2-10-26(19)18-8-5-15(6-9-18)22(28)29/h2-12H,1H3,(H,25,27)(H,28,29)/b16-11-. The maximum atomic E-state index is 12.6. The van der Waals surface area contributed by atoms with Gasteiger partial charge >= 0.3 is 5.97 Å². The average molecular weight is 406 g/mol. The fourth-order valence-electron chi connectivity index (χ4n) is 2.73. The van der Waals surface area contributed by atoms with Crippen molar-refractivity contribution in [2.75, 3.05) is 5.32 Å². The lowest BCUT2D eigenvalue weighted by Crippen LogP contribution is -2.14. The van der Waals surface area contributed by atoms with Crippen LogP contribution in [0, 0.1) is 18.3 Å². The Morgan fingerprint density at radius 2 is 1.90 bits per heavy atom. The first kappa shape index (κ1) is 19.9. The highest BCUT2D eigenvalue weighted by Crippen LogP contribution is 2.22. The van der Waals surface area contributed by atoms with Crippen molar-refractivity contribution >= 4 is 35.2 Å². The van der Waals surface area contributed by atoms with E-state index in [1.807, 2.05) is 13.0 Å². The van der Waals surface area contributed by atoms with Crippen molar-refractivity contribution in [2.45, 2.75) is 6.92 Å². The van der Waals surface area contributed by atoms with Gasteiger partial charge in [-0.05, 0) is 67.1 Å². The van der Waals surface area contributed by atoms with Crippen LogP contribution in [0.15, 0.2) is 66.4 Å². The summed E-state index contributed by atoms with van der Waals surface area (Å²) in [7, 11) is 0. The molecule has 0 unspecified atom stereocenters. The first-order valence-electron chi connectivity index (χ1n) is 8.59. The summed E-state index contributed by atoms with van der Waals surface area (Å²) in [4.78, 5) is 23.6. The molecule has 3 aromatic rings. The number of carboxylic acid groups (broad SMARTS) is 1. The van der Waals surface area contributed by atoms with Crippen LogP contribution in [0.3, 0.4) is 0 Å². The van der Waals surface area contributed by atoms with Gasteiger partial charge in [-0.2, -0.15) is 5.26 Å². The lowest BCUT2D eigenvalue weighted by Gasteiger charge is -2.09. The van der Waals surface area contributed by atoms with Crippen molar-refractivity contribution in [1.29, 1.82) is 5.26 Å². The molecule has 6 nitrogen and oxygen atoms in total. The Morgan fingerprint density at radius 3 is 2.55 bits per heavy atom. The molecule has 1 heterocycles. The van der Waals surface area contributed by atoms with E-state index in [2.05, 4.69) is 5.32 Å². The molecule has 0 atom stereocenters. The third kappa shape index (κ3) is 4.54. The van der Waals surface area contributed by atoms with Gasteiger partial charge in [0.15, 0.2) is 0 Å². The number of amides is 1. The Morgan fingerprint density at radius 1 is 1.17 bits per heavy atom. The molecular formula is C22H16ClN3O3. The zero-order valence-corrected chi connectivity index (χ0v) is 16.1. The molecule has 2 aromatic carbocycles. The van der Waals surface area contributed by atoms with Crippen LogP contribution in [-0.2, 0) is 4.79 Å². The van der Waals surface area contributed by atoms with E-state index in [1.54, 1.807) is 53.2 Å².